The topological polar surface area (TPSA) is 75.0 Å². The summed E-state index contributed by atoms with van der Waals surface area (Å²) in [5, 5.41) is 11.3. The van der Waals surface area contributed by atoms with Gasteiger partial charge in [0.2, 0.25) is 5.88 Å². The fourth-order valence-electron chi connectivity index (χ4n) is 1.40. The van der Waals surface area contributed by atoms with Crippen LogP contribution in [0, 0.1) is 11.3 Å². The van der Waals surface area contributed by atoms with Gasteiger partial charge in [0.05, 0.1) is 11.6 Å². The van der Waals surface area contributed by atoms with Gasteiger partial charge in [-0.25, -0.2) is 4.98 Å². The van der Waals surface area contributed by atoms with Gasteiger partial charge in [0, 0.05) is 18.0 Å². The predicted molar refractivity (Wildman–Crippen MR) is 69.5 cm³/mol. The highest BCUT2D eigenvalue weighted by Crippen LogP contribution is 2.09. The molecule has 0 aliphatic heterocycles. The van der Waals surface area contributed by atoms with Crippen molar-refractivity contribution >= 4 is 11.6 Å². The van der Waals surface area contributed by atoms with Crippen LogP contribution in [0.2, 0.25) is 0 Å². The van der Waals surface area contributed by atoms with Crippen molar-refractivity contribution in [2.45, 2.75) is 0 Å². The fraction of sp³-hybridized carbons (Fsp3) is 0.0714. The molecule has 0 saturated carbocycles. The van der Waals surface area contributed by atoms with Gasteiger partial charge in [0.15, 0.2) is 6.61 Å². The normalized spacial score (nSPS) is 9.42. The van der Waals surface area contributed by atoms with E-state index in [-0.39, 0.29) is 12.5 Å². The molecular formula is C14H11N3O2. The first-order chi connectivity index (χ1) is 9.28. The summed E-state index contributed by atoms with van der Waals surface area (Å²) in [6, 6.07) is 13.8. The summed E-state index contributed by atoms with van der Waals surface area (Å²) >= 11 is 0. The van der Waals surface area contributed by atoms with Gasteiger partial charge in [-0.3, -0.25) is 4.79 Å². The highest BCUT2D eigenvalue weighted by atomic mass is 16.5. The molecule has 1 aromatic heterocycles. The smallest absolute Gasteiger partial charge is 0.262 e. The minimum atomic E-state index is -0.282. The second-order valence-corrected chi connectivity index (χ2v) is 3.69. The third-order valence-corrected chi connectivity index (χ3v) is 2.29. The molecule has 0 bridgehead atoms. The number of carbonyl (C=O) groups is 1. The molecule has 94 valence electrons. The average Bonchev–Trinajstić information content (AvgIpc) is 2.47. The van der Waals surface area contributed by atoms with Gasteiger partial charge in [0.25, 0.3) is 5.91 Å². The Kier molecular flexibility index (Phi) is 4.09. The standard InChI is InChI=1S/C14H11N3O2/c15-9-11-4-6-12(7-5-11)17-13(18)10-19-14-3-1-2-8-16-14/h1-8H,10H2,(H,17,18). The summed E-state index contributed by atoms with van der Waals surface area (Å²) in [5.41, 5.74) is 1.16. The summed E-state index contributed by atoms with van der Waals surface area (Å²) in [4.78, 5) is 15.6. The molecular weight excluding hydrogens is 242 g/mol. The third-order valence-electron chi connectivity index (χ3n) is 2.29. The predicted octanol–water partition coefficient (Wildman–Crippen LogP) is 1.97. The zero-order chi connectivity index (χ0) is 13.5. The van der Waals surface area contributed by atoms with Crippen molar-refractivity contribution in [3.8, 4) is 11.9 Å². The van der Waals surface area contributed by atoms with Crippen LogP contribution in [0.4, 0.5) is 5.69 Å². The average molecular weight is 253 g/mol. The number of anilines is 1. The van der Waals surface area contributed by atoms with E-state index in [4.69, 9.17) is 10.00 Å². The van der Waals surface area contributed by atoms with Crippen LogP contribution in [0.1, 0.15) is 5.56 Å². The number of aromatic nitrogens is 1. The molecule has 0 spiro atoms. The summed E-state index contributed by atoms with van der Waals surface area (Å²) in [6.07, 6.45) is 1.59. The van der Waals surface area contributed by atoms with Gasteiger partial charge in [-0.15, -0.1) is 0 Å². The number of nitriles is 1. The molecule has 1 heterocycles. The number of ether oxygens (including phenoxy) is 1. The Morgan fingerprint density at radius 3 is 2.68 bits per heavy atom. The van der Waals surface area contributed by atoms with Crippen molar-refractivity contribution in [3.63, 3.8) is 0 Å². The van der Waals surface area contributed by atoms with Crippen molar-refractivity contribution in [2.24, 2.45) is 0 Å². The van der Waals surface area contributed by atoms with Crippen LogP contribution < -0.4 is 10.1 Å². The van der Waals surface area contributed by atoms with E-state index in [0.29, 0.717) is 17.1 Å². The number of hydrogen-bond acceptors (Lipinski definition) is 4. The highest BCUT2D eigenvalue weighted by Gasteiger charge is 2.04. The quantitative estimate of drug-likeness (QED) is 0.903. The molecule has 2 rings (SSSR count). The monoisotopic (exact) mass is 253 g/mol. The lowest BCUT2D eigenvalue weighted by atomic mass is 10.2. The highest BCUT2D eigenvalue weighted by molar-refractivity contribution is 5.91. The van der Waals surface area contributed by atoms with Crippen LogP contribution in [-0.4, -0.2) is 17.5 Å². The van der Waals surface area contributed by atoms with Gasteiger partial charge < -0.3 is 10.1 Å². The van der Waals surface area contributed by atoms with E-state index in [2.05, 4.69) is 10.3 Å². The Morgan fingerprint density at radius 1 is 1.26 bits per heavy atom. The number of nitrogens with one attached hydrogen (secondary N) is 1. The van der Waals surface area contributed by atoms with Crippen molar-refractivity contribution in [1.29, 1.82) is 5.26 Å². The van der Waals surface area contributed by atoms with Crippen LogP contribution in [0.25, 0.3) is 0 Å². The first-order valence-corrected chi connectivity index (χ1v) is 5.62. The van der Waals surface area contributed by atoms with E-state index in [1.807, 2.05) is 6.07 Å². The Bertz CT molecular complexity index is 588. The van der Waals surface area contributed by atoms with Crippen molar-refractivity contribution in [1.82, 2.24) is 4.98 Å². The van der Waals surface area contributed by atoms with E-state index < -0.39 is 0 Å². The van der Waals surface area contributed by atoms with Gasteiger partial charge in [-0.1, -0.05) is 6.07 Å². The van der Waals surface area contributed by atoms with E-state index in [1.165, 1.54) is 0 Å². The summed E-state index contributed by atoms with van der Waals surface area (Å²) in [6.45, 7) is -0.114. The molecule has 0 saturated heterocycles. The van der Waals surface area contributed by atoms with E-state index >= 15 is 0 Å². The van der Waals surface area contributed by atoms with E-state index in [9.17, 15) is 4.79 Å². The summed E-state index contributed by atoms with van der Waals surface area (Å²) < 4.78 is 5.21. The molecule has 1 N–H and O–H groups in total. The molecule has 2 aromatic rings. The number of nitrogens with zero attached hydrogens (tertiary/aromatic N) is 2. The van der Waals surface area contributed by atoms with Crippen LogP contribution >= 0.6 is 0 Å². The largest absolute Gasteiger partial charge is 0.468 e. The number of pyridine rings is 1. The maximum absolute atomic E-state index is 11.6. The van der Waals surface area contributed by atoms with E-state index in [1.54, 1.807) is 48.7 Å². The number of hydrogen-bond donors (Lipinski definition) is 1. The molecule has 5 nitrogen and oxygen atoms in total. The number of carbonyl (C=O) groups excluding carboxylic acids is 1. The molecule has 1 amide bonds. The Balaban J connectivity index is 1.86. The zero-order valence-corrected chi connectivity index (χ0v) is 10.0. The molecule has 0 unspecified atom stereocenters. The molecule has 0 radical (unpaired) electrons. The maximum Gasteiger partial charge on any atom is 0.262 e. The van der Waals surface area contributed by atoms with Crippen molar-refractivity contribution < 1.29 is 9.53 Å². The zero-order valence-electron chi connectivity index (χ0n) is 10.0. The summed E-state index contributed by atoms with van der Waals surface area (Å²) in [5.74, 6) is 0.118. The first kappa shape index (κ1) is 12.6. The van der Waals surface area contributed by atoms with Crippen LogP contribution in [0.15, 0.2) is 48.7 Å². The van der Waals surface area contributed by atoms with Gasteiger partial charge in [0.1, 0.15) is 0 Å². The van der Waals surface area contributed by atoms with Gasteiger partial charge >= 0.3 is 0 Å². The lowest BCUT2D eigenvalue weighted by molar-refractivity contribution is -0.118. The molecule has 0 atom stereocenters. The maximum atomic E-state index is 11.6. The van der Waals surface area contributed by atoms with Crippen molar-refractivity contribution in [3.05, 3.63) is 54.2 Å². The fourth-order valence-corrected chi connectivity index (χ4v) is 1.40. The molecule has 1 aromatic carbocycles. The molecule has 0 aliphatic rings. The SMILES string of the molecule is N#Cc1ccc(NC(=O)COc2ccccn2)cc1. The van der Waals surface area contributed by atoms with Crippen LogP contribution in [0.3, 0.4) is 0 Å². The third kappa shape index (κ3) is 3.82. The van der Waals surface area contributed by atoms with Gasteiger partial charge in [-0.05, 0) is 30.3 Å². The lowest BCUT2D eigenvalue weighted by Crippen LogP contribution is -2.20. The molecule has 0 aliphatic carbocycles. The van der Waals surface area contributed by atoms with Crippen LogP contribution in [-0.2, 0) is 4.79 Å². The Hall–Kier alpha value is -2.87. The van der Waals surface area contributed by atoms with Crippen molar-refractivity contribution in [2.75, 3.05) is 11.9 Å². The number of rotatable bonds is 4. The number of amides is 1. The lowest BCUT2D eigenvalue weighted by Gasteiger charge is -2.06. The first-order valence-electron chi connectivity index (χ1n) is 5.62. The molecule has 19 heavy (non-hydrogen) atoms. The number of benzene rings is 1. The molecule has 5 heteroatoms. The van der Waals surface area contributed by atoms with Crippen LogP contribution in [0.5, 0.6) is 5.88 Å². The van der Waals surface area contributed by atoms with E-state index in [0.717, 1.165) is 0 Å². The van der Waals surface area contributed by atoms with Gasteiger partial charge in [-0.2, -0.15) is 5.26 Å². The minimum Gasteiger partial charge on any atom is -0.468 e. The minimum absolute atomic E-state index is 0.114. The molecule has 0 fully saturated rings. The second-order valence-electron chi connectivity index (χ2n) is 3.69. The second kappa shape index (κ2) is 6.17. The Morgan fingerprint density at radius 2 is 2.05 bits per heavy atom. The summed E-state index contributed by atoms with van der Waals surface area (Å²) in [7, 11) is 0. The Labute approximate surface area is 110 Å².